The number of rotatable bonds is 6. The number of carbonyl (C=O) groups excluding carboxylic acids is 1. The maximum atomic E-state index is 11.6. The van der Waals surface area contributed by atoms with Crippen LogP contribution in [-0.2, 0) is 4.79 Å². The zero-order valence-corrected chi connectivity index (χ0v) is 11.6. The number of hydrogen-bond donors (Lipinski definition) is 2. The molecule has 1 aliphatic rings. The molecule has 4 nitrogen and oxygen atoms in total. The highest BCUT2D eigenvalue weighted by molar-refractivity contribution is 5.84. The molecule has 0 bridgehead atoms. The first-order valence-electron chi connectivity index (χ1n) is 6.67. The molecule has 1 heterocycles. The molecule has 1 aliphatic heterocycles. The van der Waals surface area contributed by atoms with E-state index in [1.54, 1.807) is 0 Å². The normalized spacial score (nSPS) is 22.6. The lowest BCUT2D eigenvalue weighted by Crippen LogP contribution is -2.58. The molecule has 3 N–H and O–H groups in total. The second-order valence-corrected chi connectivity index (χ2v) is 5.79. The zero-order valence-electron chi connectivity index (χ0n) is 11.6. The Morgan fingerprint density at radius 3 is 2.29 bits per heavy atom. The van der Waals surface area contributed by atoms with Crippen molar-refractivity contribution in [1.82, 2.24) is 10.2 Å². The van der Waals surface area contributed by atoms with Gasteiger partial charge >= 0.3 is 0 Å². The first-order chi connectivity index (χ1) is 7.85. The third kappa shape index (κ3) is 3.96. The fraction of sp³-hybridized carbons (Fsp3) is 0.923. The molecule has 1 saturated heterocycles. The van der Waals surface area contributed by atoms with Gasteiger partial charge in [0.1, 0.15) is 0 Å². The topological polar surface area (TPSA) is 58.4 Å². The summed E-state index contributed by atoms with van der Waals surface area (Å²) in [6, 6.07) is 0.666. The van der Waals surface area contributed by atoms with Gasteiger partial charge in [-0.2, -0.15) is 0 Å². The minimum absolute atomic E-state index is 0.253. The summed E-state index contributed by atoms with van der Waals surface area (Å²) in [5.74, 6) is -0.253. The van der Waals surface area contributed by atoms with Crippen molar-refractivity contribution >= 4 is 5.91 Å². The molecule has 0 saturated carbocycles. The van der Waals surface area contributed by atoms with Gasteiger partial charge in [0.25, 0.3) is 0 Å². The Morgan fingerprint density at radius 1 is 1.35 bits per heavy atom. The highest BCUT2D eigenvalue weighted by Crippen LogP contribution is 2.20. The summed E-state index contributed by atoms with van der Waals surface area (Å²) in [6.07, 6.45) is 3.32. The van der Waals surface area contributed by atoms with Gasteiger partial charge in [0.15, 0.2) is 0 Å². The van der Waals surface area contributed by atoms with E-state index in [1.807, 2.05) is 20.8 Å². The summed E-state index contributed by atoms with van der Waals surface area (Å²) in [6.45, 7) is 10.5. The van der Waals surface area contributed by atoms with Gasteiger partial charge < -0.3 is 16.0 Å². The molecule has 2 atom stereocenters. The van der Waals surface area contributed by atoms with Crippen LogP contribution in [0.3, 0.4) is 0 Å². The van der Waals surface area contributed by atoms with Gasteiger partial charge in [-0.05, 0) is 60.0 Å². The second-order valence-electron chi connectivity index (χ2n) is 5.79. The fourth-order valence-corrected chi connectivity index (χ4v) is 2.77. The van der Waals surface area contributed by atoms with E-state index in [2.05, 4.69) is 17.1 Å². The minimum atomic E-state index is -0.601. The van der Waals surface area contributed by atoms with Gasteiger partial charge in [0, 0.05) is 12.1 Å². The van der Waals surface area contributed by atoms with E-state index in [9.17, 15) is 4.79 Å². The lowest BCUT2D eigenvalue weighted by molar-refractivity contribution is -0.124. The molecule has 0 radical (unpaired) electrons. The van der Waals surface area contributed by atoms with E-state index in [0.717, 1.165) is 19.5 Å². The van der Waals surface area contributed by atoms with E-state index in [-0.39, 0.29) is 11.9 Å². The van der Waals surface area contributed by atoms with Crippen LogP contribution in [-0.4, -0.2) is 41.5 Å². The molecule has 2 unspecified atom stereocenters. The van der Waals surface area contributed by atoms with Crippen molar-refractivity contribution in [2.24, 2.45) is 5.73 Å². The summed E-state index contributed by atoms with van der Waals surface area (Å²) >= 11 is 0. The van der Waals surface area contributed by atoms with E-state index in [0.29, 0.717) is 6.04 Å². The quantitative estimate of drug-likeness (QED) is 0.732. The number of nitrogens with one attached hydrogen (secondary N) is 1. The van der Waals surface area contributed by atoms with Crippen molar-refractivity contribution in [2.45, 2.75) is 64.6 Å². The van der Waals surface area contributed by atoms with Gasteiger partial charge in [-0.25, -0.2) is 0 Å². The monoisotopic (exact) mass is 241 g/mol. The number of amides is 1. The Hall–Kier alpha value is -0.610. The first kappa shape index (κ1) is 14.5. The van der Waals surface area contributed by atoms with Crippen LogP contribution in [0.25, 0.3) is 0 Å². The molecule has 1 fully saturated rings. The van der Waals surface area contributed by atoms with E-state index in [1.165, 1.54) is 12.8 Å². The smallest absolute Gasteiger partial charge is 0.237 e. The average molecular weight is 241 g/mol. The van der Waals surface area contributed by atoms with Gasteiger partial charge in [-0.15, -0.1) is 0 Å². The highest BCUT2D eigenvalue weighted by atomic mass is 16.1. The lowest BCUT2D eigenvalue weighted by Gasteiger charge is -2.35. The zero-order chi connectivity index (χ0) is 13.1. The summed E-state index contributed by atoms with van der Waals surface area (Å²) in [4.78, 5) is 14.1. The molecule has 0 aromatic heterocycles. The van der Waals surface area contributed by atoms with E-state index in [4.69, 9.17) is 5.73 Å². The Morgan fingerprint density at radius 2 is 1.88 bits per heavy atom. The van der Waals surface area contributed by atoms with Crippen LogP contribution in [0.15, 0.2) is 0 Å². The molecular formula is C13H27N3O. The number of carbonyl (C=O) groups is 1. The molecule has 1 rings (SSSR count). The SMILES string of the molecule is CC(C)NC(C)(CC(C)N1CCCC1)C(N)=O. The number of hydrogen-bond acceptors (Lipinski definition) is 3. The second kappa shape index (κ2) is 5.83. The molecular weight excluding hydrogens is 214 g/mol. The average Bonchev–Trinajstić information content (AvgIpc) is 2.68. The van der Waals surface area contributed by atoms with Gasteiger partial charge in [0.05, 0.1) is 5.54 Å². The third-order valence-corrected chi connectivity index (χ3v) is 3.62. The Balaban J connectivity index is 2.61. The fourth-order valence-electron chi connectivity index (χ4n) is 2.77. The van der Waals surface area contributed by atoms with Crippen molar-refractivity contribution in [3.05, 3.63) is 0 Å². The summed E-state index contributed by atoms with van der Waals surface area (Å²) < 4.78 is 0. The van der Waals surface area contributed by atoms with Crippen molar-refractivity contribution in [1.29, 1.82) is 0 Å². The molecule has 0 spiro atoms. The van der Waals surface area contributed by atoms with Crippen LogP contribution in [0, 0.1) is 0 Å². The van der Waals surface area contributed by atoms with Crippen molar-refractivity contribution in [2.75, 3.05) is 13.1 Å². The number of nitrogens with zero attached hydrogens (tertiary/aromatic N) is 1. The van der Waals surface area contributed by atoms with Crippen LogP contribution in [0.2, 0.25) is 0 Å². The standard InChI is InChI=1S/C13H27N3O/c1-10(2)15-13(4,12(14)17)9-11(3)16-7-5-6-8-16/h10-11,15H,5-9H2,1-4H3,(H2,14,17). The Kier molecular flexibility index (Phi) is 4.95. The van der Waals surface area contributed by atoms with Crippen molar-refractivity contribution < 1.29 is 4.79 Å². The van der Waals surface area contributed by atoms with Crippen LogP contribution < -0.4 is 11.1 Å². The maximum absolute atomic E-state index is 11.6. The van der Waals surface area contributed by atoms with E-state index < -0.39 is 5.54 Å². The van der Waals surface area contributed by atoms with Crippen LogP contribution in [0.5, 0.6) is 0 Å². The molecule has 0 aromatic rings. The molecule has 0 aromatic carbocycles. The Bertz CT molecular complexity index is 261. The van der Waals surface area contributed by atoms with Gasteiger partial charge in [-0.3, -0.25) is 4.79 Å². The predicted molar refractivity (Wildman–Crippen MR) is 70.8 cm³/mol. The summed E-state index contributed by atoms with van der Waals surface area (Å²) in [7, 11) is 0. The summed E-state index contributed by atoms with van der Waals surface area (Å²) in [5, 5.41) is 3.31. The maximum Gasteiger partial charge on any atom is 0.237 e. The highest BCUT2D eigenvalue weighted by Gasteiger charge is 2.35. The van der Waals surface area contributed by atoms with Gasteiger partial charge in [-0.1, -0.05) is 0 Å². The van der Waals surface area contributed by atoms with Gasteiger partial charge in [0.2, 0.25) is 5.91 Å². The number of likely N-dealkylation sites (tertiary alicyclic amines) is 1. The lowest BCUT2D eigenvalue weighted by atomic mass is 9.91. The van der Waals surface area contributed by atoms with Crippen molar-refractivity contribution in [3.63, 3.8) is 0 Å². The number of primary amides is 1. The van der Waals surface area contributed by atoms with E-state index >= 15 is 0 Å². The minimum Gasteiger partial charge on any atom is -0.368 e. The molecule has 0 aliphatic carbocycles. The summed E-state index contributed by atoms with van der Waals surface area (Å²) in [5.41, 5.74) is 4.95. The van der Waals surface area contributed by atoms with Crippen LogP contribution >= 0.6 is 0 Å². The largest absolute Gasteiger partial charge is 0.368 e. The molecule has 4 heteroatoms. The van der Waals surface area contributed by atoms with Crippen molar-refractivity contribution in [3.8, 4) is 0 Å². The molecule has 1 amide bonds. The molecule has 100 valence electrons. The first-order valence-corrected chi connectivity index (χ1v) is 6.67. The van der Waals surface area contributed by atoms with Crippen LogP contribution in [0.4, 0.5) is 0 Å². The predicted octanol–water partition coefficient (Wildman–Crippen LogP) is 1.10. The third-order valence-electron chi connectivity index (χ3n) is 3.62. The number of nitrogens with two attached hydrogens (primary N) is 1. The molecule has 17 heavy (non-hydrogen) atoms. The van der Waals surface area contributed by atoms with Crippen LogP contribution in [0.1, 0.15) is 47.0 Å². The Labute approximate surface area is 105 Å².